The van der Waals surface area contributed by atoms with E-state index in [0.717, 1.165) is 10.4 Å². The van der Waals surface area contributed by atoms with Gasteiger partial charge in [0.05, 0.1) is 17.1 Å². The van der Waals surface area contributed by atoms with Gasteiger partial charge < -0.3 is 15.1 Å². The van der Waals surface area contributed by atoms with Crippen LogP contribution in [0.5, 0.6) is 0 Å². The largest absolute Gasteiger partial charge is 0.443 e. The molecule has 0 aliphatic heterocycles. The molecule has 2 aromatic heterocycles. The van der Waals surface area contributed by atoms with Gasteiger partial charge in [0.25, 0.3) is 0 Å². The van der Waals surface area contributed by atoms with Gasteiger partial charge in [-0.15, -0.1) is 11.3 Å². The molecule has 124 valence electrons. The van der Waals surface area contributed by atoms with Gasteiger partial charge in [-0.1, -0.05) is 18.2 Å². The average molecular weight is 345 g/mol. The summed E-state index contributed by atoms with van der Waals surface area (Å²) in [4.78, 5) is 17.1. The highest BCUT2D eigenvalue weighted by atomic mass is 32.1. The van der Waals surface area contributed by atoms with E-state index in [4.69, 9.17) is 4.42 Å². The Hall–Kier alpha value is -2.67. The first-order valence-electron chi connectivity index (χ1n) is 7.37. The maximum atomic E-state index is 13.2. The van der Waals surface area contributed by atoms with Crippen molar-refractivity contribution in [3.8, 4) is 10.8 Å². The number of hydrogen-bond acceptors (Lipinski definition) is 4. The Morgan fingerprint density at radius 1 is 1.29 bits per heavy atom. The molecule has 0 unspecified atom stereocenters. The smallest absolute Gasteiger partial charge is 0.315 e. The first-order valence-corrected chi connectivity index (χ1v) is 8.25. The summed E-state index contributed by atoms with van der Waals surface area (Å²) in [5.41, 5.74) is 2.04. The molecule has 3 rings (SSSR count). The lowest BCUT2D eigenvalue weighted by Gasteiger charge is -2.07. The Balaban J connectivity index is 1.48. The van der Waals surface area contributed by atoms with Crippen LogP contribution in [-0.4, -0.2) is 11.0 Å². The zero-order chi connectivity index (χ0) is 16.9. The van der Waals surface area contributed by atoms with E-state index >= 15 is 0 Å². The van der Waals surface area contributed by atoms with Crippen LogP contribution in [0.15, 0.2) is 46.4 Å². The number of nitrogens with one attached hydrogen (secondary N) is 2. The molecule has 0 bridgehead atoms. The van der Waals surface area contributed by atoms with E-state index in [0.29, 0.717) is 23.7 Å². The number of hydrogen-bond donors (Lipinski definition) is 2. The Morgan fingerprint density at radius 2 is 2.12 bits per heavy atom. The lowest BCUT2D eigenvalue weighted by Crippen LogP contribution is -2.34. The topological polar surface area (TPSA) is 67.2 Å². The molecular weight excluding hydrogens is 329 g/mol. The highest BCUT2D eigenvalue weighted by molar-refractivity contribution is 7.13. The van der Waals surface area contributed by atoms with Crippen molar-refractivity contribution in [3.05, 3.63) is 64.6 Å². The summed E-state index contributed by atoms with van der Waals surface area (Å²) in [5.74, 6) is 0.291. The first-order chi connectivity index (χ1) is 11.6. The Labute approximate surface area is 142 Å². The quantitative estimate of drug-likeness (QED) is 0.738. The van der Waals surface area contributed by atoms with Crippen LogP contribution < -0.4 is 10.6 Å². The van der Waals surface area contributed by atoms with Gasteiger partial charge in [-0.3, -0.25) is 0 Å². The summed E-state index contributed by atoms with van der Waals surface area (Å²) >= 11 is 1.54. The molecule has 0 radical (unpaired) electrons. The molecule has 1 aromatic carbocycles. The maximum absolute atomic E-state index is 13.2. The zero-order valence-corrected chi connectivity index (χ0v) is 13.8. The van der Waals surface area contributed by atoms with Gasteiger partial charge in [0.1, 0.15) is 12.1 Å². The second kappa shape index (κ2) is 7.27. The number of oxazole rings is 1. The van der Waals surface area contributed by atoms with E-state index in [2.05, 4.69) is 15.6 Å². The summed E-state index contributed by atoms with van der Waals surface area (Å²) in [7, 11) is 0. The summed E-state index contributed by atoms with van der Waals surface area (Å²) in [6.07, 6.45) is 1.53. The summed E-state index contributed by atoms with van der Waals surface area (Å²) < 4.78 is 18.6. The number of carbonyl (C=O) groups is 1. The van der Waals surface area contributed by atoms with Crippen LogP contribution >= 0.6 is 11.3 Å². The predicted molar refractivity (Wildman–Crippen MR) is 90.0 cm³/mol. The van der Waals surface area contributed by atoms with Crippen molar-refractivity contribution in [1.29, 1.82) is 0 Å². The number of rotatable bonds is 5. The van der Waals surface area contributed by atoms with Crippen molar-refractivity contribution >= 4 is 17.4 Å². The SMILES string of the molecule is Cc1cc(CNC(=O)NCc2coc(-c3cccs3)n2)ccc1F. The molecule has 0 atom stereocenters. The lowest BCUT2D eigenvalue weighted by molar-refractivity contribution is 0.240. The minimum Gasteiger partial charge on any atom is -0.443 e. The normalized spacial score (nSPS) is 10.6. The molecule has 5 nitrogen and oxygen atoms in total. The number of amides is 2. The van der Waals surface area contributed by atoms with Crippen molar-refractivity contribution in [1.82, 2.24) is 15.6 Å². The highest BCUT2D eigenvalue weighted by Crippen LogP contribution is 2.23. The number of nitrogens with zero attached hydrogens (tertiary/aromatic N) is 1. The summed E-state index contributed by atoms with van der Waals surface area (Å²) in [6, 6.07) is 8.27. The zero-order valence-electron chi connectivity index (χ0n) is 13.0. The summed E-state index contributed by atoms with van der Waals surface area (Å²) in [5, 5.41) is 7.38. The number of halogens is 1. The van der Waals surface area contributed by atoms with Gasteiger partial charge in [-0.05, 0) is 35.6 Å². The molecule has 0 aliphatic carbocycles. The fourth-order valence-corrected chi connectivity index (χ4v) is 2.79. The van der Waals surface area contributed by atoms with E-state index in [1.54, 1.807) is 19.1 Å². The van der Waals surface area contributed by atoms with Gasteiger partial charge >= 0.3 is 6.03 Å². The minimum absolute atomic E-state index is 0.254. The molecule has 0 aliphatic rings. The number of aromatic nitrogens is 1. The van der Waals surface area contributed by atoms with Gasteiger partial charge in [0, 0.05) is 6.54 Å². The fourth-order valence-electron chi connectivity index (χ4n) is 2.13. The van der Waals surface area contributed by atoms with Crippen molar-refractivity contribution in [2.45, 2.75) is 20.0 Å². The van der Waals surface area contributed by atoms with Gasteiger partial charge in [-0.25, -0.2) is 14.2 Å². The minimum atomic E-state index is -0.322. The molecule has 7 heteroatoms. The number of aryl methyl sites for hydroxylation is 1. The molecule has 0 spiro atoms. The Bertz CT molecular complexity index is 830. The molecule has 0 fully saturated rings. The standard InChI is InChI=1S/C17H16FN3O2S/c1-11-7-12(4-5-14(11)18)8-19-17(22)20-9-13-10-23-16(21-13)15-3-2-6-24-15/h2-7,10H,8-9H2,1H3,(H2,19,20,22). The lowest BCUT2D eigenvalue weighted by atomic mass is 10.1. The van der Waals surface area contributed by atoms with Gasteiger partial charge in [0.2, 0.25) is 5.89 Å². The number of benzene rings is 1. The van der Waals surface area contributed by atoms with Crippen molar-refractivity contribution < 1.29 is 13.6 Å². The number of urea groups is 1. The maximum Gasteiger partial charge on any atom is 0.315 e. The molecule has 2 amide bonds. The van der Waals surface area contributed by atoms with Crippen LogP contribution in [0.3, 0.4) is 0 Å². The third-order valence-corrected chi connectivity index (χ3v) is 4.25. The Morgan fingerprint density at radius 3 is 2.88 bits per heavy atom. The van der Waals surface area contributed by atoms with E-state index in [1.807, 2.05) is 17.5 Å². The van der Waals surface area contributed by atoms with Crippen molar-refractivity contribution in [2.75, 3.05) is 0 Å². The summed E-state index contributed by atoms with van der Waals surface area (Å²) in [6.45, 7) is 2.28. The molecule has 24 heavy (non-hydrogen) atoms. The molecule has 3 aromatic rings. The third kappa shape index (κ3) is 3.99. The number of carbonyl (C=O) groups excluding carboxylic acids is 1. The first kappa shape index (κ1) is 16.2. The Kier molecular flexibility index (Phi) is 4.90. The van der Waals surface area contributed by atoms with E-state index in [-0.39, 0.29) is 18.4 Å². The van der Waals surface area contributed by atoms with Crippen LogP contribution in [-0.2, 0) is 13.1 Å². The van der Waals surface area contributed by atoms with Crippen LogP contribution in [0.4, 0.5) is 9.18 Å². The van der Waals surface area contributed by atoms with E-state index in [9.17, 15) is 9.18 Å². The molecule has 2 heterocycles. The molecule has 0 saturated carbocycles. The van der Waals surface area contributed by atoms with Crippen molar-refractivity contribution in [3.63, 3.8) is 0 Å². The van der Waals surface area contributed by atoms with E-state index in [1.165, 1.54) is 23.7 Å². The van der Waals surface area contributed by atoms with Crippen LogP contribution in [0, 0.1) is 12.7 Å². The second-order valence-corrected chi connectivity index (χ2v) is 6.19. The van der Waals surface area contributed by atoms with Crippen LogP contribution in [0.2, 0.25) is 0 Å². The fraction of sp³-hybridized carbons (Fsp3) is 0.176. The third-order valence-electron chi connectivity index (χ3n) is 3.39. The monoisotopic (exact) mass is 345 g/mol. The average Bonchev–Trinajstić information content (AvgIpc) is 3.25. The second-order valence-electron chi connectivity index (χ2n) is 5.24. The number of thiophene rings is 1. The van der Waals surface area contributed by atoms with E-state index < -0.39 is 0 Å². The van der Waals surface area contributed by atoms with Crippen LogP contribution in [0.25, 0.3) is 10.8 Å². The van der Waals surface area contributed by atoms with Gasteiger partial charge in [0.15, 0.2) is 0 Å². The molecular formula is C17H16FN3O2S. The highest BCUT2D eigenvalue weighted by Gasteiger charge is 2.08. The predicted octanol–water partition coefficient (Wildman–Crippen LogP) is 3.85. The van der Waals surface area contributed by atoms with Crippen LogP contribution in [0.1, 0.15) is 16.8 Å². The molecule has 0 saturated heterocycles. The molecule has 2 N–H and O–H groups in total. The van der Waals surface area contributed by atoms with Gasteiger partial charge in [-0.2, -0.15) is 0 Å². The van der Waals surface area contributed by atoms with Crippen molar-refractivity contribution in [2.24, 2.45) is 0 Å².